The summed E-state index contributed by atoms with van der Waals surface area (Å²) in [4.78, 5) is 12.4. The maximum atomic E-state index is 13.6. The number of nitrogens with one attached hydrogen (secondary N) is 1. The molecule has 3 rings (SSSR count). The van der Waals surface area contributed by atoms with Gasteiger partial charge in [0.1, 0.15) is 11.6 Å². The van der Waals surface area contributed by atoms with Gasteiger partial charge < -0.3 is 4.74 Å². The molecule has 0 fully saturated rings. The zero-order chi connectivity index (χ0) is 18.5. The number of hydrogen-bond donors (Lipinski definition) is 1. The third-order valence-corrected chi connectivity index (χ3v) is 5.60. The van der Waals surface area contributed by atoms with Gasteiger partial charge in [-0.1, -0.05) is 52.9 Å². The zero-order valence-electron chi connectivity index (χ0n) is 13.5. The molecule has 3 aromatic rings. The van der Waals surface area contributed by atoms with Crippen LogP contribution in [0.2, 0.25) is 5.02 Å². The van der Waals surface area contributed by atoms with Crippen LogP contribution in [0.15, 0.2) is 46.8 Å². The molecule has 1 aromatic heterocycles. The number of benzene rings is 2. The second-order valence-electron chi connectivity index (χ2n) is 5.05. The summed E-state index contributed by atoms with van der Waals surface area (Å²) >= 11 is 8.50. The number of anilines is 1. The molecule has 134 valence electrons. The molecule has 1 amide bonds. The SMILES string of the molecule is COc1ccc(Cl)cc1C(=O)Nc1nnc(SCc2ccccc2F)s1. The summed E-state index contributed by atoms with van der Waals surface area (Å²) in [5.41, 5.74) is 0.887. The standard InChI is InChI=1S/C17H13ClFN3O2S2/c1-24-14-7-6-11(18)8-12(14)15(23)20-16-21-22-17(26-16)25-9-10-4-2-3-5-13(10)19/h2-8H,9H2,1H3,(H,20,21,23). The lowest BCUT2D eigenvalue weighted by molar-refractivity contribution is 0.102. The Bertz CT molecular complexity index is 936. The van der Waals surface area contributed by atoms with E-state index in [1.54, 1.807) is 30.3 Å². The van der Waals surface area contributed by atoms with Gasteiger partial charge in [0, 0.05) is 10.8 Å². The largest absolute Gasteiger partial charge is 0.496 e. The predicted octanol–water partition coefficient (Wildman–Crippen LogP) is 4.88. The molecule has 0 aliphatic rings. The van der Waals surface area contributed by atoms with Crippen LogP contribution in [0.25, 0.3) is 0 Å². The molecule has 2 aromatic carbocycles. The number of carbonyl (C=O) groups is 1. The summed E-state index contributed by atoms with van der Waals surface area (Å²) in [7, 11) is 1.47. The minimum absolute atomic E-state index is 0.258. The molecule has 0 saturated heterocycles. The third-order valence-electron chi connectivity index (χ3n) is 3.34. The molecule has 0 unspecified atom stereocenters. The van der Waals surface area contributed by atoms with E-state index in [1.807, 2.05) is 0 Å². The molecule has 0 radical (unpaired) electrons. The normalized spacial score (nSPS) is 10.6. The number of nitrogens with zero attached hydrogens (tertiary/aromatic N) is 2. The fourth-order valence-corrected chi connectivity index (χ4v) is 4.00. The molecular formula is C17H13ClFN3O2S2. The van der Waals surface area contributed by atoms with E-state index in [0.717, 1.165) is 0 Å². The van der Waals surface area contributed by atoms with Crippen LogP contribution in [0.5, 0.6) is 5.75 Å². The lowest BCUT2D eigenvalue weighted by Crippen LogP contribution is -2.13. The molecule has 0 saturated carbocycles. The van der Waals surface area contributed by atoms with Crippen LogP contribution in [-0.4, -0.2) is 23.2 Å². The average Bonchev–Trinajstić information content (AvgIpc) is 3.08. The molecule has 9 heteroatoms. The van der Waals surface area contributed by atoms with Gasteiger partial charge in [-0.15, -0.1) is 10.2 Å². The van der Waals surface area contributed by atoms with Crippen molar-refractivity contribution in [1.29, 1.82) is 0 Å². The first-order chi connectivity index (χ1) is 12.6. The first-order valence-electron chi connectivity index (χ1n) is 7.41. The fraction of sp³-hybridized carbons (Fsp3) is 0.118. The van der Waals surface area contributed by atoms with Crippen molar-refractivity contribution in [2.75, 3.05) is 12.4 Å². The van der Waals surface area contributed by atoms with Gasteiger partial charge in [0.2, 0.25) is 5.13 Å². The third kappa shape index (κ3) is 4.51. The molecule has 0 bridgehead atoms. The van der Waals surface area contributed by atoms with Crippen molar-refractivity contribution in [2.24, 2.45) is 0 Å². The summed E-state index contributed by atoms with van der Waals surface area (Å²) in [6.07, 6.45) is 0. The van der Waals surface area contributed by atoms with E-state index in [4.69, 9.17) is 16.3 Å². The first kappa shape index (κ1) is 18.6. The Labute approximate surface area is 162 Å². The van der Waals surface area contributed by atoms with Crippen molar-refractivity contribution in [2.45, 2.75) is 10.1 Å². The Kier molecular flexibility index (Phi) is 6.08. The molecule has 0 atom stereocenters. The summed E-state index contributed by atoms with van der Waals surface area (Å²) in [5, 5.41) is 11.4. The molecule has 26 heavy (non-hydrogen) atoms. The monoisotopic (exact) mass is 409 g/mol. The van der Waals surface area contributed by atoms with Gasteiger partial charge in [-0.3, -0.25) is 10.1 Å². The van der Waals surface area contributed by atoms with Crippen LogP contribution in [0, 0.1) is 5.82 Å². The number of thioether (sulfide) groups is 1. The Morgan fingerprint density at radius 1 is 1.31 bits per heavy atom. The van der Waals surface area contributed by atoms with Gasteiger partial charge >= 0.3 is 0 Å². The summed E-state index contributed by atoms with van der Waals surface area (Å²) < 4.78 is 19.4. The smallest absolute Gasteiger partial charge is 0.261 e. The van der Waals surface area contributed by atoms with Crippen LogP contribution in [0.1, 0.15) is 15.9 Å². The van der Waals surface area contributed by atoms with Crippen LogP contribution >= 0.6 is 34.7 Å². The van der Waals surface area contributed by atoms with Gasteiger partial charge in [0.05, 0.1) is 12.7 Å². The molecule has 1 N–H and O–H groups in total. The topological polar surface area (TPSA) is 64.1 Å². The number of rotatable bonds is 6. The molecule has 0 aliphatic heterocycles. The highest BCUT2D eigenvalue weighted by Crippen LogP contribution is 2.30. The maximum absolute atomic E-state index is 13.6. The number of aromatic nitrogens is 2. The van der Waals surface area contributed by atoms with Crippen molar-refractivity contribution in [3.8, 4) is 5.75 Å². The van der Waals surface area contributed by atoms with Crippen LogP contribution in [0.4, 0.5) is 9.52 Å². The number of ether oxygens (including phenoxy) is 1. The Morgan fingerprint density at radius 2 is 2.12 bits per heavy atom. The van der Waals surface area contributed by atoms with Gasteiger partial charge in [0.25, 0.3) is 5.91 Å². The number of amides is 1. The van der Waals surface area contributed by atoms with E-state index in [1.165, 1.54) is 42.3 Å². The predicted molar refractivity (Wildman–Crippen MR) is 102 cm³/mol. The van der Waals surface area contributed by atoms with Crippen molar-refractivity contribution >= 4 is 45.7 Å². The minimum Gasteiger partial charge on any atom is -0.496 e. The number of methoxy groups -OCH3 is 1. The summed E-state index contributed by atoms with van der Waals surface area (Å²) in [6, 6.07) is 11.3. The van der Waals surface area contributed by atoms with Crippen molar-refractivity contribution in [1.82, 2.24) is 10.2 Å². The highest BCUT2D eigenvalue weighted by molar-refractivity contribution is 8.00. The lowest BCUT2D eigenvalue weighted by atomic mass is 10.2. The highest BCUT2D eigenvalue weighted by Gasteiger charge is 2.16. The van der Waals surface area contributed by atoms with E-state index in [0.29, 0.717) is 37.1 Å². The lowest BCUT2D eigenvalue weighted by Gasteiger charge is -2.07. The van der Waals surface area contributed by atoms with Gasteiger partial charge in [-0.25, -0.2) is 4.39 Å². The summed E-state index contributed by atoms with van der Waals surface area (Å²) in [6.45, 7) is 0. The number of carbonyl (C=O) groups excluding carboxylic acids is 1. The van der Waals surface area contributed by atoms with Crippen molar-refractivity contribution in [3.05, 3.63) is 64.4 Å². The fourth-order valence-electron chi connectivity index (χ4n) is 2.10. The van der Waals surface area contributed by atoms with Gasteiger partial charge in [0.15, 0.2) is 4.34 Å². The second-order valence-corrected chi connectivity index (χ2v) is 7.69. The summed E-state index contributed by atoms with van der Waals surface area (Å²) in [5.74, 6) is 0.181. The Balaban J connectivity index is 1.66. The Hall–Kier alpha value is -2.16. The molecular weight excluding hydrogens is 397 g/mol. The minimum atomic E-state index is -0.397. The van der Waals surface area contributed by atoms with E-state index in [-0.39, 0.29) is 5.82 Å². The van der Waals surface area contributed by atoms with E-state index in [2.05, 4.69) is 15.5 Å². The highest BCUT2D eigenvalue weighted by atomic mass is 35.5. The average molecular weight is 410 g/mol. The van der Waals surface area contributed by atoms with Gasteiger partial charge in [-0.2, -0.15) is 0 Å². The maximum Gasteiger partial charge on any atom is 0.261 e. The van der Waals surface area contributed by atoms with E-state index in [9.17, 15) is 9.18 Å². The van der Waals surface area contributed by atoms with E-state index >= 15 is 0 Å². The quantitative estimate of drug-likeness (QED) is 0.464. The van der Waals surface area contributed by atoms with Crippen molar-refractivity contribution in [3.63, 3.8) is 0 Å². The molecule has 0 aliphatic carbocycles. The number of hydrogen-bond acceptors (Lipinski definition) is 6. The Morgan fingerprint density at radius 3 is 2.88 bits per heavy atom. The first-order valence-corrected chi connectivity index (χ1v) is 9.59. The van der Waals surface area contributed by atoms with Crippen LogP contribution < -0.4 is 10.1 Å². The second kappa shape index (κ2) is 8.48. The molecule has 1 heterocycles. The van der Waals surface area contributed by atoms with E-state index < -0.39 is 5.91 Å². The van der Waals surface area contributed by atoms with Crippen LogP contribution in [0.3, 0.4) is 0 Å². The van der Waals surface area contributed by atoms with Gasteiger partial charge in [-0.05, 0) is 29.8 Å². The van der Waals surface area contributed by atoms with Crippen LogP contribution in [-0.2, 0) is 5.75 Å². The van der Waals surface area contributed by atoms with Crippen molar-refractivity contribution < 1.29 is 13.9 Å². The molecule has 0 spiro atoms. The molecule has 5 nitrogen and oxygen atoms in total. The number of halogens is 2. The zero-order valence-corrected chi connectivity index (χ0v) is 15.9.